The van der Waals surface area contributed by atoms with Crippen molar-refractivity contribution in [3.8, 4) is 0 Å². The molecule has 1 amide bonds. The quantitative estimate of drug-likeness (QED) is 0.608. The summed E-state index contributed by atoms with van der Waals surface area (Å²) in [6, 6.07) is 10.3. The number of rotatable bonds is 4. The van der Waals surface area contributed by atoms with Gasteiger partial charge in [0, 0.05) is 35.4 Å². The number of anilines is 2. The van der Waals surface area contributed by atoms with E-state index >= 15 is 0 Å². The molecule has 0 saturated carbocycles. The van der Waals surface area contributed by atoms with Crippen LogP contribution in [0.1, 0.15) is 51.6 Å². The van der Waals surface area contributed by atoms with E-state index in [1.807, 2.05) is 0 Å². The Labute approximate surface area is 185 Å². The van der Waals surface area contributed by atoms with Crippen LogP contribution in [0.3, 0.4) is 0 Å². The highest BCUT2D eigenvalue weighted by Crippen LogP contribution is 2.39. The van der Waals surface area contributed by atoms with E-state index in [0.717, 1.165) is 49.7 Å². The second-order valence-electron chi connectivity index (χ2n) is 8.22. The molecule has 2 aliphatic heterocycles. The number of nitrogens with one attached hydrogen (secondary N) is 2. The Kier molecular flexibility index (Phi) is 5.17. The Hall–Kier alpha value is -3.61. The van der Waals surface area contributed by atoms with Crippen LogP contribution < -0.4 is 15.8 Å². The van der Waals surface area contributed by atoms with Crippen molar-refractivity contribution >= 4 is 34.2 Å². The Bertz CT molecular complexity index is 1280. The number of benzene rings is 2. The number of carbonyl (C=O) groups is 2. The molecule has 0 aliphatic carbocycles. The zero-order valence-electron chi connectivity index (χ0n) is 18.0. The van der Waals surface area contributed by atoms with Gasteiger partial charge in [0.15, 0.2) is 0 Å². The molecule has 0 fully saturated rings. The zero-order chi connectivity index (χ0) is 22.2. The topological polar surface area (TPSA) is 95.6 Å². The fraction of sp³-hybridized carbons (Fsp3) is 0.320. The van der Waals surface area contributed by atoms with Gasteiger partial charge in [0.2, 0.25) is 5.55 Å². The summed E-state index contributed by atoms with van der Waals surface area (Å²) >= 11 is 0. The SMILES string of the molecule is CCOC(=O)c1ccc(NC(=O)c2cc3cc4c5c(c3oc2=N)CCCN5CCC4)cc1. The minimum atomic E-state index is -0.419. The average Bonchev–Trinajstić information content (AvgIpc) is 2.80. The lowest BCUT2D eigenvalue weighted by Crippen LogP contribution is -2.34. The first kappa shape index (κ1) is 20.3. The molecule has 32 heavy (non-hydrogen) atoms. The third kappa shape index (κ3) is 3.53. The predicted molar refractivity (Wildman–Crippen MR) is 121 cm³/mol. The van der Waals surface area contributed by atoms with Crippen molar-refractivity contribution in [2.24, 2.45) is 0 Å². The molecular formula is C25H25N3O4. The Balaban J connectivity index is 1.46. The van der Waals surface area contributed by atoms with Crippen LogP contribution in [0.2, 0.25) is 0 Å². The summed E-state index contributed by atoms with van der Waals surface area (Å²) < 4.78 is 10.9. The Morgan fingerprint density at radius 1 is 1.12 bits per heavy atom. The van der Waals surface area contributed by atoms with E-state index < -0.39 is 11.9 Å². The van der Waals surface area contributed by atoms with Crippen molar-refractivity contribution in [3.05, 3.63) is 64.2 Å². The van der Waals surface area contributed by atoms with Gasteiger partial charge in [-0.1, -0.05) is 0 Å². The molecule has 1 aromatic heterocycles. The second kappa shape index (κ2) is 8.15. The van der Waals surface area contributed by atoms with Gasteiger partial charge in [-0.2, -0.15) is 0 Å². The first-order valence-corrected chi connectivity index (χ1v) is 11.1. The van der Waals surface area contributed by atoms with Crippen LogP contribution in [0, 0.1) is 5.41 Å². The highest BCUT2D eigenvalue weighted by atomic mass is 16.5. The van der Waals surface area contributed by atoms with Crippen LogP contribution >= 0.6 is 0 Å². The molecule has 0 saturated heterocycles. The minimum Gasteiger partial charge on any atom is -0.462 e. The lowest BCUT2D eigenvalue weighted by molar-refractivity contribution is 0.0526. The molecule has 7 nitrogen and oxygen atoms in total. The number of hydrogen-bond donors (Lipinski definition) is 2. The summed E-state index contributed by atoms with van der Waals surface area (Å²) in [6.07, 6.45) is 4.14. The maximum absolute atomic E-state index is 12.9. The van der Waals surface area contributed by atoms with E-state index in [9.17, 15) is 9.59 Å². The van der Waals surface area contributed by atoms with Crippen LogP contribution in [0.4, 0.5) is 11.4 Å². The molecular weight excluding hydrogens is 406 g/mol. The van der Waals surface area contributed by atoms with Gasteiger partial charge < -0.3 is 19.4 Å². The Morgan fingerprint density at radius 2 is 1.88 bits per heavy atom. The van der Waals surface area contributed by atoms with Gasteiger partial charge in [0.05, 0.1) is 12.2 Å². The summed E-state index contributed by atoms with van der Waals surface area (Å²) in [4.78, 5) is 27.1. The largest absolute Gasteiger partial charge is 0.462 e. The van der Waals surface area contributed by atoms with Crippen molar-refractivity contribution < 1.29 is 18.7 Å². The monoisotopic (exact) mass is 431 g/mol. The first-order valence-electron chi connectivity index (χ1n) is 11.1. The lowest BCUT2D eigenvalue weighted by atomic mass is 9.90. The molecule has 0 radical (unpaired) electrons. The average molecular weight is 431 g/mol. The molecule has 2 N–H and O–H groups in total. The van der Waals surface area contributed by atoms with E-state index in [1.54, 1.807) is 37.3 Å². The van der Waals surface area contributed by atoms with Gasteiger partial charge in [-0.25, -0.2) is 4.79 Å². The van der Waals surface area contributed by atoms with E-state index in [-0.39, 0.29) is 11.1 Å². The molecule has 3 aromatic rings. The standard InChI is InChI=1S/C25H25N3O4/c1-2-31-25(30)15-7-9-18(10-8-15)27-24(29)20-14-17-13-16-5-3-11-28-12-4-6-19(21(16)28)22(17)32-23(20)26/h7-10,13-14,26H,2-6,11-12H2,1H3,(H,27,29). The van der Waals surface area contributed by atoms with Gasteiger partial charge in [0.25, 0.3) is 5.91 Å². The highest BCUT2D eigenvalue weighted by molar-refractivity contribution is 6.06. The molecule has 7 heteroatoms. The fourth-order valence-corrected chi connectivity index (χ4v) is 4.73. The van der Waals surface area contributed by atoms with Gasteiger partial charge in [0.1, 0.15) is 11.1 Å². The lowest BCUT2D eigenvalue weighted by Gasteiger charge is -2.37. The van der Waals surface area contributed by atoms with Crippen LogP contribution in [0.5, 0.6) is 0 Å². The van der Waals surface area contributed by atoms with E-state index in [0.29, 0.717) is 17.9 Å². The van der Waals surface area contributed by atoms with Crippen LogP contribution in [0.15, 0.2) is 40.8 Å². The van der Waals surface area contributed by atoms with Gasteiger partial charge in [-0.3, -0.25) is 10.2 Å². The molecule has 0 atom stereocenters. The third-order valence-corrected chi connectivity index (χ3v) is 6.15. The van der Waals surface area contributed by atoms with Gasteiger partial charge in [-0.05, 0) is 74.6 Å². The number of hydrogen-bond acceptors (Lipinski definition) is 6. The summed E-state index contributed by atoms with van der Waals surface area (Å²) in [5.74, 6) is -0.824. The van der Waals surface area contributed by atoms with E-state index in [1.165, 1.54) is 16.8 Å². The number of amides is 1. The van der Waals surface area contributed by atoms with E-state index in [2.05, 4.69) is 16.3 Å². The zero-order valence-corrected chi connectivity index (χ0v) is 18.0. The Morgan fingerprint density at radius 3 is 2.62 bits per heavy atom. The van der Waals surface area contributed by atoms with Crippen molar-refractivity contribution in [2.75, 3.05) is 29.9 Å². The van der Waals surface area contributed by atoms with Crippen molar-refractivity contribution in [3.63, 3.8) is 0 Å². The number of carbonyl (C=O) groups excluding carboxylic acids is 2. The normalized spacial score (nSPS) is 14.7. The van der Waals surface area contributed by atoms with Crippen molar-refractivity contribution in [1.82, 2.24) is 0 Å². The molecule has 5 rings (SSSR count). The highest BCUT2D eigenvalue weighted by Gasteiger charge is 2.27. The van der Waals surface area contributed by atoms with Gasteiger partial charge in [-0.15, -0.1) is 0 Å². The van der Waals surface area contributed by atoms with Crippen molar-refractivity contribution in [1.29, 1.82) is 5.41 Å². The van der Waals surface area contributed by atoms with Crippen LogP contribution in [0.25, 0.3) is 11.0 Å². The summed E-state index contributed by atoms with van der Waals surface area (Å²) in [6.45, 7) is 4.18. The summed E-state index contributed by atoms with van der Waals surface area (Å²) in [7, 11) is 0. The number of aryl methyl sites for hydroxylation is 2. The molecule has 0 bridgehead atoms. The van der Waals surface area contributed by atoms with Crippen molar-refractivity contribution in [2.45, 2.75) is 32.6 Å². The number of ether oxygens (including phenoxy) is 1. The van der Waals surface area contributed by atoms with Gasteiger partial charge >= 0.3 is 5.97 Å². The molecule has 2 aromatic carbocycles. The molecule has 3 heterocycles. The molecule has 0 unspecified atom stereocenters. The number of fused-ring (bicyclic) bond motifs is 2. The summed E-state index contributed by atoms with van der Waals surface area (Å²) in [5.41, 5.74) is 5.43. The van der Waals surface area contributed by atoms with E-state index in [4.69, 9.17) is 14.6 Å². The number of nitrogens with zero attached hydrogens (tertiary/aromatic N) is 1. The maximum Gasteiger partial charge on any atom is 0.338 e. The predicted octanol–water partition coefficient (Wildman–Crippen LogP) is 4.04. The van der Waals surface area contributed by atoms with Crippen LogP contribution in [-0.4, -0.2) is 31.6 Å². The second-order valence-corrected chi connectivity index (χ2v) is 8.22. The fourth-order valence-electron chi connectivity index (χ4n) is 4.73. The molecule has 2 aliphatic rings. The third-order valence-electron chi connectivity index (χ3n) is 6.15. The molecule has 164 valence electrons. The smallest absolute Gasteiger partial charge is 0.338 e. The number of esters is 1. The maximum atomic E-state index is 12.9. The van der Waals surface area contributed by atoms with Crippen LogP contribution in [-0.2, 0) is 17.6 Å². The first-order chi connectivity index (χ1) is 15.5. The minimum absolute atomic E-state index is 0.151. The molecule has 0 spiro atoms. The summed E-state index contributed by atoms with van der Waals surface area (Å²) in [5, 5.41) is 12.0.